The summed E-state index contributed by atoms with van der Waals surface area (Å²) in [5, 5.41) is 11.2. The number of hydrogen-bond donors (Lipinski definition) is 2. The summed E-state index contributed by atoms with van der Waals surface area (Å²) in [5.74, 6) is -0.787. The summed E-state index contributed by atoms with van der Waals surface area (Å²) in [5.41, 5.74) is 0. The standard InChI is InChI=1S/C10H13NO4S/c1-16-6-2-5-11-9(12)7-3-4-8(15-7)10(13)14/h3-4H,2,5-6H2,1H3,(H,11,12)(H,13,14). The molecular formula is C10H13NO4S. The molecule has 0 bridgehead atoms. The zero-order valence-electron chi connectivity index (χ0n) is 8.86. The van der Waals surface area contributed by atoms with Crippen LogP contribution >= 0.6 is 11.8 Å². The number of carbonyl (C=O) groups excluding carboxylic acids is 1. The number of furan rings is 1. The molecule has 6 heteroatoms. The molecule has 0 saturated carbocycles. The van der Waals surface area contributed by atoms with Crippen LogP contribution in [-0.4, -0.2) is 35.5 Å². The lowest BCUT2D eigenvalue weighted by molar-refractivity contribution is 0.0659. The van der Waals surface area contributed by atoms with Gasteiger partial charge in [-0.3, -0.25) is 4.79 Å². The topological polar surface area (TPSA) is 79.5 Å². The lowest BCUT2D eigenvalue weighted by atomic mass is 10.4. The van der Waals surface area contributed by atoms with Gasteiger partial charge in [0, 0.05) is 6.54 Å². The second kappa shape index (κ2) is 6.22. The van der Waals surface area contributed by atoms with Crippen LogP contribution in [0.2, 0.25) is 0 Å². The Balaban J connectivity index is 2.43. The summed E-state index contributed by atoms with van der Waals surface area (Å²) in [6, 6.07) is 2.62. The van der Waals surface area contributed by atoms with E-state index >= 15 is 0 Å². The molecule has 0 aliphatic heterocycles. The van der Waals surface area contributed by atoms with Crippen LogP contribution in [0.3, 0.4) is 0 Å². The van der Waals surface area contributed by atoms with Crippen LogP contribution in [0, 0.1) is 0 Å². The largest absolute Gasteiger partial charge is 0.475 e. The van der Waals surface area contributed by atoms with E-state index < -0.39 is 5.97 Å². The quantitative estimate of drug-likeness (QED) is 0.739. The molecule has 0 aromatic carbocycles. The minimum absolute atomic E-state index is 0.0292. The molecular weight excluding hydrogens is 230 g/mol. The van der Waals surface area contributed by atoms with E-state index in [1.165, 1.54) is 12.1 Å². The molecule has 0 aliphatic rings. The second-order valence-corrected chi connectivity index (χ2v) is 4.06. The first kappa shape index (κ1) is 12.6. The van der Waals surface area contributed by atoms with Crippen LogP contribution in [0.4, 0.5) is 0 Å². The number of thioether (sulfide) groups is 1. The van der Waals surface area contributed by atoms with Crippen molar-refractivity contribution in [3.8, 4) is 0 Å². The summed E-state index contributed by atoms with van der Waals surface area (Å²) >= 11 is 1.70. The van der Waals surface area contributed by atoms with E-state index in [-0.39, 0.29) is 17.4 Å². The average molecular weight is 243 g/mol. The third-order valence-electron chi connectivity index (χ3n) is 1.85. The molecule has 0 atom stereocenters. The smallest absolute Gasteiger partial charge is 0.371 e. The van der Waals surface area contributed by atoms with Crippen molar-refractivity contribution < 1.29 is 19.1 Å². The van der Waals surface area contributed by atoms with E-state index in [0.29, 0.717) is 6.54 Å². The van der Waals surface area contributed by atoms with E-state index in [0.717, 1.165) is 12.2 Å². The third kappa shape index (κ3) is 3.62. The monoisotopic (exact) mass is 243 g/mol. The predicted molar refractivity (Wildman–Crippen MR) is 61.0 cm³/mol. The van der Waals surface area contributed by atoms with E-state index in [1.807, 2.05) is 6.26 Å². The van der Waals surface area contributed by atoms with Crippen molar-refractivity contribution in [2.75, 3.05) is 18.6 Å². The van der Waals surface area contributed by atoms with Crippen LogP contribution < -0.4 is 5.32 Å². The van der Waals surface area contributed by atoms with Crippen LogP contribution in [0.15, 0.2) is 16.5 Å². The Morgan fingerprint density at radius 1 is 1.44 bits per heavy atom. The fourth-order valence-corrected chi connectivity index (χ4v) is 1.51. The van der Waals surface area contributed by atoms with Gasteiger partial charge in [-0.15, -0.1) is 0 Å². The van der Waals surface area contributed by atoms with Gasteiger partial charge in [-0.25, -0.2) is 4.79 Å². The molecule has 1 heterocycles. The first-order chi connectivity index (χ1) is 7.65. The summed E-state index contributed by atoms with van der Waals surface area (Å²) < 4.78 is 4.85. The molecule has 0 saturated heterocycles. The van der Waals surface area contributed by atoms with E-state index in [4.69, 9.17) is 9.52 Å². The fourth-order valence-electron chi connectivity index (χ4n) is 1.08. The van der Waals surface area contributed by atoms with Gasteiger partial charge in [0.2, 0.25) is 5.76 Å². The van der Waals surface area contributed by atoms with Gasteiger partial charge in [-0.1, -0.05) is 0 Å². The molecule has 1 aromatic heterocycles. The van der Waals surface area contributed by atoms with Gasteiger partial charge in [0.15, 0.2) is 5.76 Å². The van der Waals surface area contributed by atoms with Crippen LogP contribution in [-0.2, 0) is 0 Å². The summed E-state index contributed by atoms with van der Waals surface area (Å²) in [4.78, 5) is 21.9. The number of nitrogens with one attached hydrogen (secondary N) is 1. The summed E-state index contributed by atoms with van der Waals surface area (Å²) in [6.45, 7) is 0.558. The zero-order valence-corrected chi connectivity index (χ0v) is 9.67. The molecule has 16 heavy (non-hydrogen) atoms. The van der Waals surface area contributed by atoms with Gasteiger partial charge in [-0.2, -0.15) is 11.8 Å². The minimum atomic E-state index is -1.18. The first-order valence-corrected chi connectivity index (χ1v) is 6.15. The number of carbonyl (C=O) groups is 2. The molecule has 1 amide bonds. The lowest BCUT2D eigenvalue weighted by Gasteiger charge is -2.01. The Kier molecular flexibility index (Phi) is 4.91. The van der Waals surface area contributed by atoms with Gasteiger partial charge < -0.3 is 14.8 Å². The summed E-state index contributed by atoms with van der Waals surface area (Å²) in [6.07, 6.45) is 2.87. The first-order valence-electron chi connectivity index (χ1n) is 4.75. The van der Waals surface area contributed by atoms with Gasteiger partial charge in [0.1, 0.15) is 0 Å². The molecule has 5 nitrogen and oxygen atoms in total. The van der Waals surface area contributed by atoms with Crippen LogP contribution in [0.5, 0.6) is 0 Å². The zero-order chi connectivity index (χ0) is 12.0. The number of rotatable bonds is 6. The summed E-state index contributed by atoms with van der Waals surface area (Å²) in [7, 11) is 0. The number of hydrogen-bond acceptors (Lipinski definition) is 4. The molecule has 0 radical (unpaired) electrons. The highest BCUT2D eigenvalue weighted by atomic mass is 32.2. The molecule has 1 aromatic rings. The SMILES string of the molecule is CSCCCNC(=O)c1ccc(C(=O)O)o1. The van der Waals surface area contributed by atoms with Crippen molar-refractivity contribution in [1.82, 2.24) is 5.32 Å². The van der Waals surface area contributed by atoms with Crippen molar-refractivity contribution in [2.45, 2.75) is 6.42 Å². The highest BCUT2D eigenvalue weighted by Crippen LogP contribution is 2.07. The lowest BCUT2D eigenvalue weighted by Crippen LogP contribution is -2.24. The normalized spacial score (nSPS) is 10.1. The average Bonchev–Trinajstić information content (AvgIpc) is 2.73. The van der Waals surface area contributed by atoms with Crippen LogP contribution in [0.25, 0.3) is 0 Å². The molecule has 2 N–H and O–H groups in total. The van der Waals surface area contributed by atoms with Crippen molar-refractivity contribution >= 4 is 23.6 Å². The number of carboxylic acid groups (broad SMARTS) is 1. The van der Waals surface area contributed by atoms with E-state index in [2.05, 4.69) is 5.32 Å². The second-order valence-electron chi connectivity index (χ2n) is 3.07. The molecule has 88 valence electrons. The number of aromatic carboxylic acids is 1. The van der Waals surface area contributed by atoms with Gasteiger partial charge in [0.25, 0.3) is 5.91 Å². The maximum Gasteiger partial charge on any atom is 0.371 e. The Labute approximate surface area is 97.2 Å². The fraction of sp³-hybridized carbons (Fsp3) is 0.400. The Hall–Kier alpha value is -1.43. The van der Waals surface area contributed by atoms with Crippen molar-refractivity contribution in [3.63, 3.8) is 0 Å². The minimum Gasteiger partial charge on any atom is -0.475 e. The molecule has 1 rings (SSSR count). The highest BCUT2D eigenvalue weighted by Gasteiger charge is 2.13. The van der Waals surface area contributed by atoms with Gasteiger partial charge >= 0.3 is 5.97 Å². The van der Waals surface area contributed by atoms with Crippen molar-refractivity contribution in [2.24, 2.45) is 0 Å². The third-order valence-corrected chi connectivity index (χ3v) is 2.55. The number of carboxylic acids is 1. The molecule has 0 fully saturated rings. The molecule has 0 spiro atoms. The Bertz CT molecular complexity index is 375. The predicted octanol–water partition coefficient (Wildman–Crippen LogP) is 1.46. The highest BCUT2D eigenvalue weighted by molar-refractivity contribution is 7.98. The Morgan fingerprint density at radius 3 is 2.69 bits per heavy atom. The maximum absolute atomic E-state index is 11.4. The number of amides is 1. The van der Waals surface area contributed by atoms with Crippen molar-refractivity contribution in [3.05, 3.63) is 23.7 Å². The van der Waals surface area contributed by atoms with E-state index in [9.17, 15) is 9.59 Å². The van der Waals surface area contributed by atoms with Gasteiger partial charge in [0.05, 0.1) is 0 Å². The Morgan fingerprint density at radius 2 is 2.12 bits per heavy atom. The van der Waals surface area contributed by atoms with Gasteiger partial charge in [-0.05, 0) is 30.6 Å². The maximum atomic E-state index is 11.4. The molecule has 0 aliphatic carbocycles. The van der Waals surface area contributed by atoms with E-state index in [1.54, 1.807) is 11.8 Å². The van der Waals surface area contributed by atoms with Crippen molar-refractivity contribution in [1.29, 1.82) is 0 Å². The van der Waals surface area contributed by atoms with Crippen LogP contribution in [0.1, 0.15) is 27.5 Å². The molecule has 0 unspecified atom stereocenters.